The molecule has 1 aliphatic rings. The normalized spacial score (nSPS) is 18.9. The highest BCUT2D eigenvalue weighted by Gasteiger charge is 2.30. The Labute approximate surface area is 191 Å². The lowest BCUT2D eigenvalue weighted by Gasteiger charge is -2.42. The Kier molecular flexibility index (Phi) is 6.80. The first-order chi connectivity index (χ1) is 14.9. The van der Waals surface area contributed by atoms with Gasteiger partial charge in [0.2, 0.25) is 0 Å². The summed E-state index contributed by atoms with van der Waals surface area (Å²) in [5, 5.41) is 4.97. The summed E-state index contributed by atoms with van der Waals surface area (Å²) in [7, 11) is 0. The van der Waals surface area contributed by atoms with Crippen LogP contribution in [-0.4, -0.2) is 12.6 Å². The molecular weight excluding hydrogens is 437 g/mol. The maximum absolute atomic E-state index is 13.5. The number of benzene rings is 3. The van der Waals surface area contributed by atoms with Crippen molar-refractivity contribution < 1.29 is 8.78 Å². The van der Waals surface area contributed by atoms with E-state index in [1.165, 1.54) is 23.4 Å². The fourth-order valence-corrected chi connectivity index (χ4v) is 4.65. The van der Waals surface area contributed by atoms with Crippen LogP contribution in [0.3, 0.4) is 0 Å². The molecule has 0 aromatic heterocycles. The summed E-state index contributed by atoms with van der Waals surface area (Å²) in [6, 6.07) is 18.4. The predicted octanol–water partition coefficient (Wildman–Crippen LogP) is 7.08. The van der Waals surface area contributed by atoms with E-state index in [4.69, 9.17) is 23.2 Å². The highest BCUT2D eigenvalue weighted by molar-refractivity contribution is 6.31. The number of rotatable bonds is 5. The number of nitrogens with one attached hydrogen (secondary N) is 1. The molecule has 1 unspecified atom stereocenters. The van der Waals surface area contributed by atoms with Gasteiger partial charge in [-0.15, -0.1) is 0 Å². The maximum Gasteiger partial charge on any atom is 0.159 e. The number of anilines is 1. The van der Waals surface area contributed by atoms with E-state index in [1.54, 1.807) is 6.07 Å². The van der Waals surface area contributed by atoms with Gasteiger partial charge in [0.25, 0.3) is 0 Å². The third kappa shape index (κ3) is 5.20. The monoisotopic (exact) mass is 460 g/mol. The van der Waals surface area contributed by atoms with E-state index in [9.17, 15) is 8.78 Å². The minimum absolute atomic E-state index is 0.161. The summed E-state index contributed by atoms with van der Waals surface area (Å²) in [5.74, 6) is -1.63. The summed E-state index contributed by atoms with van der Waals surface area (Å²) in [6.07, 6.45) is 1.82. The van der Waals surface area contributed by atoms with E-state index < -0.39 is 11.6 Å². The summed E-state index contributed by atoms with van der Waals surface area (Å²) >= 11 is 12.3. The van der Waals surface area contributed by atoms with Crippen LogP contribution in [0.4, 0.5) is 14.5 Å². The third-order valence-corrected chi connectivity index (χ3v) is 6.39. The van der Waals surface area contributed by atoms with Crippen molar-refractivity contribution in [2.75, 3.05) is 11.4 Å². The Balaban J connectivity index is 1.55. The third-order valence-electron chi connectivity index (χ3n) is 5.90. The van der Waals surface area contributed by atoms with E-state index in [2.05, 4.69) is 35.3 Å². The number of piperidine rings is 1. The van der Waals surface area contributed by atoms with Gasteiger partial charge in [-0.3, -0.25) is 0 Å². The molecule has 162 valence electrons. The first-order valence-corrected chi connectivity index (χ1v) is 11.1. The average molecular weight is 461 g/mol. The molecule has 2 atom stereocenters. The average Bonchev–Trinajstić information content (AvgIpc) is 2.75. The SMILES string of the molecule is Cc1cc(Cl)ccc1N1CCC(NCc2ccc(F)c(F)c2)C[C@H]1c1ccc(Cl)cc1. The summed E-state index contributed by atoms with van der Waals surface area (Å²) < 4.78 is 26.7. The maximum atomic E-state index is 13.5. The zero-order valence-corrected chi connectivity index (χ0v) is 18.7. The second-order valence-electron chi connectivity index (χ2n) is 8.04. The van der Waals surface area contributed by atoms with Gasteiger partial charge in [0.15, 0.2) is 11.6 Å². The molecule has 0 amide bonds. The molecule has 3 aromatic carbocycles. The molecule has 6 heteroatoms. The van der Waals surface area contributed by atoms with Crippen molar-refractivity contribution in [1.82, 2.24) is 5.32 Å². The van der Waals surface area contributed by atoms with Crippen LogP contribution in [0.25, 0.3) is 0 Å². The molecule has 0 aliphatic carbocycles. The topological polar surface area (TPSA) is 15.3 Å². The van der Waals surface area contributed by atoms with Crippen molar-refractivity contribution in [1.29, 1.82) is 0 Å². The van der Waals surface area contributed by atoms with E-state index in [0.717, 1.165) is 35.5 Å². The number of hydrogen-bond acceptors (Lipinski definition) is 2. The first kappa shape index (κ1) is 22.1. The molecule has 1 saturated heterocycles. The molecule has 0 saturated carbocycles. The zero-order valence-electron chi connectivity index (χ0n) is 17.2. The molecule has 31 heavy (non-hydrogen) atoms. The number of halogens is 4. The summed E-state index contributed by atoms with van der Waals surface area (Å²) in [4.78, 5) is 2.42. The predicted molar refractivity (Wildman–Crippen MR) is 124 cm³/mol. The van der Waals surface area contributed by atoms with Crippen LogP contribution in [0.15, 0.2) is 60.7 Å². The minimum Gasteiger partial charge on any atom is -0.364 e. The summed E-state index contributed by atoms with van der Waals surface area (Å²) in [5.41, 5.74) is 4.24. The number of hydrogen-bond donors (Lipinski definition) is 1. The molecular formula is C25H24Cl2F2N2. The smallest absolute Gasteiger partial charge is 0.159 e. The van der Waals surface area contributed by atoms with Gasteiger partial charge >= 0.3 is 0 Å². The van der Waals surface area contributed by atoms with Gasteiger partial charge in [0.05, 0.1) is 6.04 Å². The van der Waals surface area contributed by atoms with Crippen molar-refractivity contribution in [3.63, 3.8) is 0 Å². The van der Waals surface area contributed by atoms with E-state index in [0.29, 0.717) is 11.6 Å². The molecule has 3 aromatic rings. The Bertz CT molecular complexity index is 1060. The van der Waals surface area contributed by atoms with E-state index in [-0.39, 0.29) is 12.1 Å². The molecule has 1 heterocycles. The fourth-order valence-electron chi connectivity index (χ4n) is 4.29. The molecule has 0 bridgehead atoms. The van der Waals surface area contributed by atoms with Gasteiger partial charge in [-0.05, 0) is 78.9 Å². The lowest BCUT2D eigenvalue weighted by atomic mass is 9.90. The molecule has 4 rings (SSSR count). The van der Waals surface area contributed by atoms with Gasteiger partial charge < -0.3 is 10.2 Å². The van der Waals surface area contributed by atoms with E-state index >= 15 is 0 Å². The van der Waals surface area contributed by atoms with Gasteiger partial charge in [-0.25, -0.2) is 8.78 Å². The Morgan fingerprint density at radius 1 is 0.935 bits per heavy atom. The fraction of sp³-hybridized carbons (Fsp3) is 0.280. The van der Waals surface area contributed by atoms with Crippen LogP contribution in [0.1, 0.15) is 35.6 Å². The molecule has 1 N–H and O–H groups in total. The van der Waals surface area contributed by atoms with Crippen molar-refractivity contribution in [3.8, 4) is 0 Å². The number of nitrogens with zero attached hydrogens (tertiary/aromatic N) is 1. The second kappa shape index (κ2) is 9.56. The van der Waals surface area contributed by atoms with Gasteiger partial charge in [-0.2, -0.15) is 0 Å². The minimum atomic E-state index is -0.821. The van der Waals surface area contributed by atoms with Crippen LogP contribution in [0.2, 0.25) is 10.0 Å². The van der Waals surface area contributed by atoms with Crippen molar-refractivity contribution >= 4 is 28.9 Å². The summed E-state index contributed by atoms with van der Waals surface area (Å²) in [6.45, 7) is 3.44. The second-order valence-corrected chi connectivity index (χ2v) is 8.92. The molecule has 2 nitrogen and oxygen atoms in total. The zero-order chi connectivity index (χ0) is 22.0. The van der Waals surface area contributed by atoms with Crippen molar-refractivity contribution in [2.24, 2.45) is 0 Å². The lowest BCUT2D eigenvalue weighted by Crippen LogP contribution is -2.44. The highest BCUT2D eigenvalue weighted by atomic mass is 35.5. The highest BCUT2D eigenvalue weighted by Crippen LogP contribution is 2.37. The van der Waals surface area contributed by atoms with Gasteiger partial charge in [0.1, 0.15) is 0 Å². The molecule has 1 aliphatic heterocycles. The molecule has 0 radical (unpaired) electrons. The Hall–Kier alpha value is -2.14. The number of aryl methyl sites for hydroxylation is 1. The largest absolute Gasteiger partial charge is 0.364 e. The lowest BCUT2D eigenvalue weighted by molar-refractivity contribution is 0.358. The first-order valence-electron chi connectivity index (χ1n) is 10.4. The van der Waals surface area contributed by atoms with Gasteiger partial charge in [-0.1, -0.05) is 41.4 Å². The molecule has 1 fully saturated rings. The van der Waals surface area contributed by atoms with Crippen LogP contribution in [-0.2, 0) is 6.54 Å². The Morgan fingerprint density at radius 2 is 1.68 bits per heavy atom. The quantitative estimate of drug-likeness (QED) is 0.437. The van der Waals surface area contributed by atoms with Crippen molar-refractivity contribution in [3.05, 3.63) is 99.0 Å². The van der Waals surface area contributed by atoms with Crippen LogP contribution in [0, 0.1) is 18.6 Å². The van der Waals surface area contributed by atoms with Crippen LogP contribution in [0.5, 0.6) is 0 Å². The molecule has 0 spiro atoms. The van der Waals surface area contributed by atoms with E-state index in [1.807, 2.05) is 24.3 Å². The van der Waals surface area contributed by atoms with Crippen LogP contribution < -0.4 is 10.2 Å². The van der Waals surface area contributed by atoms with Gasteiger partial charge in [0, 0.05) is 34.9 Å². The Morgan fingerprint density at radius 3 is 2.39 bits per heavy atom. The van der Waals surface area contributed by atoms with Crippen LogP contribution >= 0.6 is 23.2 Å². The van der Waals surface area contributed by atoms with Crippen molar-refractivity contribution in [2.45, 2.75) is 38.4 Å². The standard InChI is InChI=1S/C25H24Cl2F2N2/c1-16-12-20(27)7-9-24(16)31-11-10-21(14-25(31)18-3-5-19(26)6-4-18)30-15-17-2-8-22(28)23(29)13-17/h2-9,12-13,21,25,30H,10-11,14-15H2,1H3/t21?,25-/m0/s1.